The molecule has 0 saturated carbocycles. The van der Waals surface area contributed by atoms with Crippen LogP contribution in [-0.4, -0.2) is 38.1 Å². The van der Waals surface area contributed by atoms with Crippen LogP contribution in [0.25, 0.3) is 0 Å². The third kappa shape index (κ3) is 5.00. The molecule has 2 aliphatic rings. The second-order valence-electron chi connectivity index (χ2n) is 8.08. The van der Waals surface area contributed by atoms with Gasteiger partial charge in [0, 0.05) is 25.1 Å². The van der Waals surface area contributed by atoms with Gasteiger partial charge in [0.1, 0.15) is 12.3 Å². The average Bonchev–Trinajstić information content (AvgIpc) is 2.78. The molecule has 0 aliphatic carbocycles. The molecule has 1 saturated heterocycles. The largest absolute Gasteiger partial charge is 0.482 e. The van der Waals surface area contributed by atoms with Gasteiger partial charge in [-0.15, -0.1) is 0 Å². The monoisotopic (exact) mass is 408 g/mol. The SMILES string of the molecule is O=C(CCN1C(=O)COc2ccccc21)NCc1ccccc1C[NH+]1CCCCC1. The maximum Gasteiger partial charge on any atom is 0.265 e. The van der Waals surface area contributed by atoms with Gasteiger partial charge in [-0.2, -0.15) is 0 Å². The van der Waals surface area contributed by atoms with Gasteiger partial charge in [0.25, 0.3) is 5.91 Å². The van der Waals surface area contributed by atoms with Crippen LogP contribution in [0.4, 0.5) is 5.69 Å². The fourth-order valence-electron chi connectivity index (χ4n) is 4.29. The quantitative estimate of drug-likeness (QED) is 0.733. The van der Waals surface area contributed by atoms with Crippen molar-refractivity contribution in [2.45, 2.75) is 38.8 Å². The van der Waals surface area contributed by atoms with Crippen molar-refractivity contribution in [3.8, 4) is 5.75 Å². The van der Waals surface area contributed by atoms with Gasteiger partial charge in [-0.3, -0.25) is 9.59 Å². The van der Waals surface area contributed by atoms with Gasteiger partial charge in [0.05, 0.1) is 18.8 Å². The van der Waals surface area contributed by atoms with Gasteiger partial charge in [0.2, 0.25) is 5.91 Å². The summed E-state index contributed by atoms with van der Waals surface area (Å²) in [5.41, 5.74) is 3.22. The molecule has 158 valence electrons. The maximum atomic E-state index is 12.5. The standard InChI is InChI=1S/C24H29N3O3/c28-23(12-15-27-21-10-4-5-11-22(21)30-18-24(27)29)25-16-19-8-2-3-9-20(19)17-26-13-6-1-7-14-26/h2-5,8-11H,1,6-7,12-18H2,(H,25,28)/p+1. The Morgan fingerprint density at radius 2 is 1.73 bits per heavy atom. The van der Waals surface area contributed by atoms with Gasteiger partial charge in [-0.1, -0.05) is 36.4 Å². The summed E-state index contributed by atoms with van der Waals surface area (Å²) in [5, 5.41) is 3.04. The highest BCUT2D eigenvalue weighted by Crippen LogP contribution is 2.31. The highest BCUT2D eigenvalue weighted by Gasteiger charge is 2.25. The summed E-state index contributed by atoms with van der Waals surface area (Å²) in [6.45, 7) is 4.38. The number of para-hydroxylation sites is 2. The summed E-state index contributed by atoms with van der Waals surface area (Å²) in [7, 11) is 0. The van der Waals surface area contributed by atoms with E-state index in [9.17, 15) is 9.59 Å². The number of quaternary nitrogens is 1. The molecular weight excluding hydrogens is 378 g/mol. The molecule has 2 amide bonds. The third-order valence-electron chi connectivity index (χ3n) is 5.97. The first-order valence-corrected chi connectivity index (χ1v) is 10.9. The molecule has 0 bridgehead atoms. The molecule has 0 atom stereocenters. The summed E-state index contributed by atoms with van der Waals surface area (Å²) in [6, 6.07) is 15.8. The van der Waals surface area contributed by atoms with Gasteiger partial charge < -0.3 is 19.9 Å². The van der Waals surface area contributed by atoms with E-state index in [1.54, 1.807) is 9.80 Å². The number of rotatable bonds is 7. The first-order valence-electron chi connectivity index (χ1n) is 10.9. The second kappa shape index (κ2) is 9.76. The van der Waals surface area contributed by atoms with E-state index in [4.69, 9.17) is 4.74 Å². The number of likely N-dealkylation sites (tertiary alicyclic amines) is 1. The minimum absolute atomic E-state index is 0.0187. The van der Waals surface area contributed by atoms with Crippen molar-refractivity contribution in [1.82, 2.24) is 5.32 Å². The number of anilines is 1. The number of fused-ring (bicyclic) bond motifs is 1. The molecule has 0 unspecified atom stereocenters. The lowest BCUT2D eigenvalue weighted by Crippen LogP contribution is -3.11. The molecular formula is C24H30N3O3+. The molecule has 0 radical (unpaired) electrons. The predicted molar refractivity (Wildman–Crippen MR) is 115 cm³/mol. The van der Waals surface area contributed by atoms with Crippen LogP contribution in [0, 0.1) is 0 Å². The number of amides is 2. The van der Waals surface area contributed by atoms with Crippen LogP contribution in [-0.2, 0) is 22.7 Å². The number of hydrogen-bond acceptors (Lipinski definition) is 3. The minimum Gasteiger partial charge on any atom is -0.482 e. The zero-order valence-electron chi connectivity index (χ0n) is 17.4. The van der Waals surface area contributed by atoms with Crippen molar-refractivity contribution in [1.29, 1.82) is 0 Å². The average molecular weight is 409 g/mol. The number of hydrogen-bond donors (Lipinski definition) is 2. The van der Waals surface area contributed by atoms with Crippen LogP contribution in [0.1, 0.15) is 36.8 Å². The van der Waals surface area contributed by atoms with E-state index in [0.717, 1.165) is 12.2 Å². The molecule has 2 aliphatic heterocycles. The summed E-state index contributed by atoms with van der Waals surface area (Å²) in [6.07, 6.45) is 4.21. The van der Waals surface area contributed by atoms with Crippen LogP contribution in [0.5, 0.6) is 5.75 Å². The molecule has 2 aromatic carbocycles. The van der Waals surface area contributed by atoms with Gasteiger partial charge in [-0.05, 0) is 37.0 Å². The number of piperidine rings is 1. The molecule has 6 nitrogen and oxygen atoms in total. The summed E-state index contributed by atoms with van der Waals surface area (Å²) in [4.78, 5) is 28.0. The highest BCUT2D eigenvalue weighted by atomic mass is 16.5. The Morgan fingerprint density at radius 1 is 1.00 bits per heavy atom. The van der Waals surface area contributed by atoms with E-state index in [1.807, 2.05) is 30.3 Å². The Kier molecular flexibility index (Phi) is 6.64. The van der Waals surface area contributed by atoms with Crippen LogP contribution in [0.3, 0.4) is 0 Å². The second-order valence-corrected chi connectivity index (χ2v) is 8.08. The Bertz CT molecular complexity index is 893. The fourth-order valence-corrected chi connectivity index (χ4v) is 4.29. The number of nitrogens with zero attached hydrogens (tertiary/aromatic N) is 1. The topological polar surface area (TPSA) is 63.1 Å². The van der Waals surface area contributed by atoms with E-state index in [0.29, 0.717) is 18.8 Å². The van der Waals surface area contributed by atoms with Crippen molar-refractivity contribution in [2.75, 3.05) is 31.1 Å². The van der Waals surface area contributed by atoms with E-state index >= 15 is 0 Å². The number of nitrogens with one attached hydrogen (secondary N) is 2. The van der Waals surface area contributed by atoms with E-state index in [2.05, 4.69) is 23.5 Å². The van der Waals surface area contributed by atoms with E-state index in [-0.39, 0.29) is 24.8 Å². The van der Waals surface area contributed by atoms with Gasteiger partial charge in [-0.25, -0.2) is 0 Å². The molecule has 0 spiro atoms. The molecule has 30 heavy (non-hydrogen) atoms. The Balaban J connectivity index is 1.31. The van der Waals surface area contributed by atoms with Gasteiger partial charge >= 0.3 is 0 Å². The molecule has 2 N–H and O–H groups in total. The van der Waals surface area contributed by atoms with Crippen molar-refractivity contribution in [3.63, 3.8) is 0 Å². The third-order valence-corrected chi connectivity index (χ3v) is 5.97. The van der Waals surface area contributed by atoms with Crippen molar-refractivity contribution in [2.24, 2.45) is 0 Å². The minimum atomic E-state index is -0.114. The van der Waals surface area contributed by atoms with Crippen molar-refractivity contribution in [3.05, 3.63) is 59.7 Å². The molecule has 0 aromatic heterocycles. The Morgan fingerprint density at radius 3 is 2.57 bits per heavy atom. The van der Waals surface area contributed by atoms with Crippen LogP contribution in [0.15, 0.2) is 48.5 Å². The van der Waals surface area contributed by atoms with Crippen LogP contribution < -0.4 is 19.9 Å². The van der Waals surface area contributed by atoms with Crippen molar-refractivity contribution >= 4 is 17.5 Å². The first-order chi connectivity index (χ1) is 14.7. The maximum absolute atomic E-state index is 12.5. The summed E-state index contributed by atoms with van der Waals surface area (Å²) >= 11 is 0. The summed E-state index contributed by atoms with van der Waals surface area (Å²) < 4.78 is 5.46. The van der Waals surface area contributed by atoms with Gasteiger partial charge in [0.15, 0.2) is 6.61 Å². The van der Waals surface area contributed by atoms with Crippen LogP contribution >= 0.6 is 0 Å². The Hall–Kier alpha value is -2.86. The zero-order chi connectivity index (χ0) is 20.8. The lowest BCUT2D eigenvalue weighted by atomic mass is 10.0. The predicted octanol–water partition coefficient (Wildman–Crippen LogP) is 1.69. The normalized spacial score (nSPS) is 16.7. The lowest BCUT2D eigenvalue weighted by molar-refractivity contribution is -0.918. The zero-order valence-corrected chi connectivity index (χ0v) is 17.4. The number of carbonyl (C=O) groups is 2. The lowest BCUT2D eigenvalue weighted by Gasteiger charge is -2.29. The molecule has 2 heterocycles. The number of ether oxygens (including phenoxy) is 1. The first kappa shape index (κ1) is 20.4. The molecule has 4 rings (SSSR count). The highest BCUT2D eigenvalue weighted by molar-refractivity contribution is 5.98. The Labute approximate surface area is 177 Å². The van der Waals surface area contributed by atoms with Crippen LogP contribution in [0.2, 0.25) is 0 Å². The number of benzene rings is 2. The summed E-state index contributed by atoms with van der Waals surface area (Å²) in [5.74, 6) is 0.523. The smallest absolute Gasteiger partial charge is 0.265 e. The van der Waals surface area contributed by atoms with E-state index < -0.39 is 0 Å². The fraction of sp³-hybridized carbons (Fsp3) is 0.417. The molecule has 6 heteroatoms. The van der Waals surface area contributed by atoms with Crippen molar-refractivity contribution < 1.29 is 19.2 Å². The number of carbonyl (C=O) groups excluding carboxylic acids is 2. The molecule has 2 aromatic rings. The van der Waals surface area contributed by atoms with E-state index in [1.165, 1.54) is 43.5 Å². The molecule has 1 fully saturated rings.